The monoisotopic (exact) mass is 452 g/mol. The van der Waals surface area contributed by atoms with Crippen LogP contribution in [0.4, 0.5) is 0 Å². The van der Waals surface area contributed by atoms with Crippen LogP contribution in [0.5, 0.6) is 11.5 Å². The maximum Gasteiger partial charge on any atom is 0.255 e. The molecule has 11 heteroatoms. The van der Waals surface area contributed by atoms with Gasteiger partial charge in [0.1, 0.15) is 29.1 Å². The fourth-order valence-corrected chi connectivity index (χ4v) is 3.49. The van der Waals surface area contributed by atoms with Crippen LogP contribution < -0.4 is 20.1 Å². The standard InChI is InChI=1S/C22H24N6O5/c1-32-15-4-5-16-19(12-15)33-10-8-23-20(29)13-28(9-2-7-24-21(16)30)22(31)14-3-6-17-18(11-14)26-27-25-17/h3-6,11-12H,2,7-10,13H2,1H3,(H,23,29)(H,24,30)(H,25,26,27). The predicted octanol–water partition coefficient (Wildman–Crippen LogP) is 0.737. The highest BCUT2D eigenvalue weighted by atomic mass is 16.5. The Hall–Kier alpha value is -4.15. The number of aromatic amines is 1. The van der Waals surface area contributed by atoms with Gasteiger partial charge in [0.05, 0.1) is 25.8 Å². The second-order valence-corrected chi connectivity index (χ2v) is 7.42. The van der Waals surface area contributed by atoms with Gasteiger partial charge in [0, 0.05) is 24.7 Å². The van der Waals surface area contributed by atoms with Crippen LogP contribution in [0.25, 0.3) is 11.0 Å². The predicted molar refractivity (Wildman–Crippen MR) is 118 cm³/mol. The smallest absolute Gasteiger partial charge is 0.255 e. The van der Waals surface area contributed by atoms with Gasteiger partial charge in [-0.05, 0) is 36.8 Å². The molecule has 3 amide bonds. The zero-order chi connectivity index (χ0) is 23.2. The van der Waals surface area contributed by atoms with E-state index in [2.05, 4.69) is 26.0 Å². The molecule has 33 heavy (non-hydrogen) atoms. The van der Waals surface area contributed by atoms with Gasteiger partial charge >= 0.3 is 0 Å². The number of benzene rings is 2. The van der Waals surface area contributed by atoms with E-state index in [4.69, 9.17) is 9.47 Å². The van der Waals surface area contributed by atoms with Crippen molar-refractivity contribution >= 4 is 28.8 Å². The van der Waals surface area contributed by atoms with Gasteiger partial charge < -0.3 is 25.0 Å². The number of ether oxygens (including phenoxy) is 2. The lowest BCUT2D eigenvalue weighted by molar-refractivity contribution is -0.121. The highest BCUT2D eigenvalue weighted by Gasteiger charge is 2.21. The lowest BCUT2D eigenvalue weighted by atomic mass is 10.1. The molecule has 1 aliphatic rings. The summed E-state index contributed by atoms with van der Waals surface area (Å²) in [7, 11) is 1.53. The molecule has 2 heterocycles. The van der Waals surface area contributed by atoms with E-state index >= 15 is 0 Å². The molecule has 0 fully saturated rings. The van der Waals surface area contributed by atoms with Gasteiger partial charge in [0.2, 0.25) is 5.91 Å². The number of fused-ring (bicyclic) bond motifs is 2. The van der Waals surface area contributed by atoms with Crippen LogP contribution in [0, 0.1) is 0 Å². The molecule has 4 rings (SSSR count). The van der Waals surface area contributed by atoms with Crippen LogP contribution in [0.3, 0.4) is 0 Å². The summed E-state index contributed by atoms with van der Waals surface area (Å²) in [5, 5.41) is 16.1. The molecule has 1 aliphatic heterocycles. The summed E-state index contributed by atoms with van der Waals surface area (Å²) in [6.07, 6.45) is 0.462. The lowest BCUT2D eigenvalue weighted by Gasteiger charge is -2.23. The summed E-state index contributed by atoms with van der Waals surface area (Å²) in [6.45, 7) is 0.849. The molecule has 0 atom stereocenters. The fraction of sp³-hybridized carbons (Fsp3) is 0.318. The van der Waals surface area contributed by atoms with Gasteiger partial charge in [-0.1, -0.05) is 0 Å². The van der Waals surface area contributed by atoms with E-state index in [1.807, 2.05) is 0 Å². The number of amides is 3. The first kappa shape index (κ1) is 22.1. The van der Waals surface area contributed by atoms with Gasteiger partial charge in [-0.2, -0.15) is 15.4 Å². The van der Waals surface area contributed by atoms with Crippen LogP contribution >= 0.6 is 0 Å². The van der Waals surface area contributed by atoms with Gasteiger partial charge in [-0.15, -0.1) is 0 Å². The molecular formula is C22H24N6O5. The first-order valence-corrected chi connectivity index (χ1v) is 10.5. The van der Waals surface area contributed by atoms with E-state index in [1.54, 1.807) is 36.4 Å². The lowest BCUT2D eigenvalue weighted by Crippen LogP contribution is -2.43. The quantitative estimate of drug-likeness (QED) is 0.521. The molecule has 1 aromatic heterocycles. The van der Waals surface area contributed by atoms with Crippen molar-refractivity contribution in [3.8, 4) is 11.5 Å². The van der Waals surface area contributed by atoms with E-state index in [1.165, 1.54) is 12.0 Å². The molecule has 0 bridgehead atoms. The zero-order valence-electron chi connectivity index (χ0n) is 18.1. The highest BCUT2D eigenvalue weighted by Crippen LogP contribution is 2.25. The van der Waals surface area contributed by atoms with Gasteiger partial charge in [0.25, 0.3) is 11.8 Å². The number of methoxy groups -OCH3 is 1. The summed E-state index contributed by atoms with van der Waals surface area (Å²) in [6, 6.07) is 9.92. The molecule has 11 nitrogen and oxygen atoms in total. The molecule has 172 valence electrons. The van der Waals surface area contributed by atoms with Crippen molar-refractivity contribution in [3.05, 3.63) is 47.5 Å². The molecule has 0 saturated heterocycles. The minimum atomic E-state index is -0.304. The summed E-state index contributed by atoms with van der Waals surface area (Å²) in [5.74, 6) is 0.0366. The summed E-state index contributed by atoms with van der Waals surface area (Å²) < 4.78 is 10.9. The topological polar surface area (TPSA) is 139 Å². The number of rotatable bonds is 2. The van der Waals surface area contributed by atoms with Crippen molar-refractivity contribution in [1.29, 1.82) is 0 Å². The van der Waals surface area contributed by atoms with Gasteiger partial charge in [-0.25, -0.2) is 0 Å². The number of nitrogens with one attached hydrogen (secondary N) is 3. The minimum Gasteiger partial charge on any atom is -0.497 e. The Morgan fingerprint density at radius 3 is 2.76 bits per heavy atom. The Kier molecular flexibility index (Phi) is 6.67. The van der Waals surface area contributed by atoms with Crippen molar-refractivity contribution < 1.29 is 23.9 Å². The Morgan fingerprint density at radius 1 is 1.06 bits per heavy atom. The van der Waals surface area contributed by atoms with E-state index in [-0.39, 0.29) is 44.0 Å². The maximum atomic E-state index is 13.1. The Bertz CT molecular complexity index is 1180. The van der Waals surface area contributed by atoms with Crippen LogP contribution in [0.2, 0.25) is 0 Å². The molecule has 0 unspecified atom stereocenters. The Balaban J connectivity index is 1.49. The number of carbonyl (C=O) groups is 3. The molecule has 0 radical (unpaired) electrons. The average molecular weight is 452 g/mol. The zero-order valence-corrected chi connectivity index (χ0v) is 18.1. The first-order valence-electron chi connectivity index (χ1n) is 10.5. The van der Waals surface area contributed by atoms with Gasteiger partial charge in [-0.3, -0.25) is 14.4 Å². The number of carbonyl (C=O) groups excluding carboxylic acids is 3. The molecule has 3 N–H and O–H groups in total. The van der Waals surface area contributed by atoms with Crippen LogP contribution in [-0.4, -0.2) is 77.9 Å². The largest absolute Gasteiger partial charge is 0.497 e. The van der Waals surface area contributed by atoms with E-state index in [0.29, 0.717) is 46.6 Å². The summed E-state index contributed by atoms with van der Waals surface area (Å²) >= 11 is 0. The third kappa shape index (κ3) is 5.20. The molecule has 0 aliphatic carbocycles. The molecule has 2 aromatic carbocycles. The number of aromatic nitrogens is 3. The van der Waals surface area contributed by atoms with Crippen molar-refractivity contribution in [3.63, 3.8) is 0 Å². The number of nitrogens with zero attached hydrogens (tertiary/aromatic N) is 3. The third-order valence-electron chi connectivity index (χ3n) is 5.19. The highest BCUT2D eigenvalue weighted by molar-refractivity contribution is 5.99. The molecule has 0 saturated carbocycles. The number of hydrogen-bond donors (Lipinski definition) is 3. The Labute approximate surface area is 189 Å². The molecular weight excluding hydrogens is 428 g/mol. The second-order valence-electron chi connectivity index (χ2n) is 7.42. The SMILES string of the molecule is COc1ccc2c(c1)OCCNC(=O)CN(C(=O)c1ccc3n[nH]nc3c1)CCCNC2=O. The molecule has 3 aromatic rings. The fourth-order valence-electron chi connectivity index (χ4n) is 3.49. The van der Waals surface area contributed by atoms with Gasteiger partial charge in [0.15, 0.2) is 0 Å². The molecule has 0 spiro atoms. The van der Waals surface area contributed by atoms with Crippen LogP contribution in [0.1, 0.15) is 27.1 Å². The van der Waals surface area contributed by atoms with Crippen molar-refractivity contribution in [2.75, 3.05) is 39.9 Å². The minimum absolute atomic E-state index is 0.117. The Morgan fingerprint density at radius 2 is 1.91 bits per heavy atom. The van der Waals surface area contributed by atoms with Crippen LogP contribution in [-0.2, 0) is 4.79 Å². The first-order chi connectivity index (χ1) is 16.0. The second kappa shape index (κ2) is 9.98. The van der Waals surface area contributed by atoms with Crippen molar-refractivity contribution in [1.82, 2.24) is 30.9 Å². The van der Waals surface area contributed by atoms with E-state index in [9.17, 15) is 14.4 Å². The average Bonchev–Trinajstić information content (AvgIpc) is 3.30. The number of hydrogen-bond acceptors (Lipinski definition) is 7. The van der Waals surface area contributed by atoms with Crippen molar-refractivity contribution in [2.45, 2.75) is 6.42 Å². The summed E-state index contributed by atoms with van der Waals surface area (Å²) in [4.78, 5) is 39.7. The van der Waals surface area contributed by atoms with E-state index < -0.39 is 0 Å². The maximum absolute atomic E-state index is 13.1. The normalized spacial score (nSPS) is 15.6. The third-order valence-corrected chi connectivity index (χ3v) is 5.19. The van der Waals surface area contributed by atoms with Crippen LogP contribution in [0.15, 0.2) is 36.4 Å². The van der Waals surface area contributed by atoms with Crippen molar-refractivity contribution in [2.24, 2.45) is 0 Å². The summed E-state index contributed by atoms with van der Waals surface area (Å²) in [5.41, 5.74) is 1.98. The number of H-pyrrole nitrogens is 1. The van der Waals surface area contributed by atoms with E-state index in [0.717, 1.165) is 0 Å².